The number of benzene rings is 1. The molecule has 3 rings (SSSR count). The molecule has 1 N–H and O–H groups in total. The molecule has 0 bridgehead atoms. The lowest BCUT2D eigenvalue weighted by molar-refractivity contribution is -0.132. The molecule has 0 atom stereocenters. The van der Waals surface area contributed by atoms with Gasteiger partial charge in [0.1, 0.15) is 0 Å². The minimum Gasteiger partial charge on any atom is -0.342 e. The van der Waals surface area contributed by atoms with E-state index in [9.17, 15) is 9.59 Å². The zero-order chi connectivity index (χ0) is 18.4. The van der Waals surface area contributed by atoms with Crippen LogP contribution in [0.25, 0.3) is 0 Å². The molecule has 142 valence electrons. The van der Waals surface area contributed by atoms with Gasteiger partial charge in [0, 0.05) is 45.0 Å². The van der Waals surface area contributed by atoms with E-state index < -0.39 is 0 Å². The highest BCUT2D eigenvalue weighted by Gasteiger charge is 2.24. The average molecular weight is 358 g/mol. The fourth-order valence-corrected chi connectivity index (χ4v) is 3.71. The lowest BCUT2D eigenvalue weighted by Crippen LogP contribution is -2.51. The number of aryl methyl sites for hydroxylation is 1. The Morgan fingerprint density at radius 1 is 0.923 bits per heavy atom. The van der Waals surface area contributed by atoms with Crippen LogP contribution in [-0.2, 0) is 16.0 Å². The van der Waals surface area contributed by atoms with Gasteiger partial charge in [-0.3, -0.25) is 19.4 Å². The van der Waals surface area contributed by atoms with E-state index in [1.807, 2.05) is 29.2 Å². The van der Waals surface area contributed by atoms with Crippen LogP contribution in [0.15, 0.2) is 24.3 Å². The van der Waals surface area contributed by atoms with E-state index in [-0.39, 0.29) is 11.8 Å². The maximum atomic E-state index is 12.4. The normalized spacial score (nSPS) is 18.9. The van der Waals surface area contributed by atoms with Gasteiger partial charge in [-0.05, 0) is 30.9 Å². The molecule has 0 unspecified atom stereocenters. The summed E-state index contributed by atoms with van der Waals surface area (Å²) in [5, 5.41) is 3.03. The number of hydrogen-bond acceptors (Lipinski definition) is 4. The van der Waals surface area contributed by atoms with Crippen molar-refractivity contribution in [2.24, 2.45) is 0 Å². The van der Waals surface area contributed by atoms with Crippen molar-refractivity contribution in [1.29, 1.82) is 0 Å². The number of nitrogens with one attached hydrogen (secondary N) is 1. The summed E-state index contributed by atoms with van der Waals surface area (Å²) in [4.78, 5) is 31.0. The second-order valence-electron chi connectivity index (χ2n) is 7.20. The summed E-state index contributed by atoms with van der Waals surface area (Å²) in [6.07, 6.45) is 3.17. The first-order chi connectivity index (χ1) is 12.7. The van der Waals surface area contributed by atoms with E-state index in [0.717, 1.165) is 69.8 Å². The third-order valence-corrected chi connectivity index (χ3v) is 5.32. The van der Waals surface area contributed by atoms with E-state index in [2.05, 4.69) is 22.0 Å². The largest absolute Gasteiger partial charge is 0.342 e. The number of likely N-dealkylation sites (tertiary alicyclic amines) is 1. The van der Waals surface area contributed by atoms with Crippen LogP contribution in [0.4, 0.5) is 5.69 Å². The Bertz CT molecular complexity index is 620. The van der Waals surface area contributed by atoms with Crippen molar-refractivity contribution >= 4 is 17.5 Å². The molecule has 1 aromatic rings. The number of anilines is 1. The fraction of sp³-hybridized carbons (Fsp3) is 0.600. The summed E-state index contributed by atoms with van der Waals surface area (Å²) >= 11 is 0. The van der Waals surface area contributed by atoms with Gasteiger partial charge in [-0.15, -0.1) is 0 Å². The summed E-state index contributed by atoms with van der Waals surface area (Å²) in [6, 6.07) is 7.95. The number of carbonyl (C=O) groups excluding carboxylic acids is 2. The standard InChI is InChI=1S/C20H30N4O2/c1-2-17-7-3-4-8-18(17)21-19(25)15-22-11-13-23(14-12-22)16-20(26)24-9-5-6-10-24/h3-4,7-8H,2,5-6,9-16H2,1H3,(H,21,25). The topological polar surface area (TPSA) is 55.9 Å². The number of rotatable bonds is 6. The third kappa shape index (κ3) is 5.05. The average Bonchev–Trinajstić information content (AvgIpc) is 3.18. The first-order valence-electron chi connectivity index (χ1n) is 9.76. The Morgan fingerprint density at radius 2 is 1.54 bits per heavy atom. The Labute approximate surface area is 156 Å². The minimum absolute atomic E-state index is 0.0347. The molecule has 0 spiro atoms. The van der Waals surface area contributed by atoms with Crippen molar-refractivity contribution in [3.8, 4) is 0 Å². The van der Waals surface area contributed by atoms with E-state index in [4.69, 9.17) is 0 Å². The first-order valence-corrected chi connectivity index (χ1v) is 9.76. The third-order valence-electron chi connectivity index (χ3n) is 5.32. The van der Waals surface area contributed by atoms with Crippen LogP contribution in [-0.4, -0.2) is 78.9 Å². The van der Waals surface area contributed by atoms with Crippen molar-refractivity contribution in [2.75, 3.05) is 57.7 Å². The molecule has 2 heterocycles. The lowest BCUT2D eigenvalue weighted by Gasteiger charge is -2.34. The number of para-hydroxylation sites is 1. The van der Waals surface area contributed by atoms with Crippen molar-refractivity contribution in [3.63, 3.8) is 0 Å². The van der Waals surface area contributed by atoms with Gasteiger partial charge < -0.3 is 10.2 Å². The van der Waals surface area contributed by atoms with Crippen LogP contribution < -0.4 is 5.32 Å². The number of carbonyl (C=O) groups is 2. The van der Waals surface area contributed by atoms with E-state index in [1.54, 1.807) is 0 Å². The van der Waals surface area contributed by atoms with Crippen molar-refractivity contribution in [2.45, 2.75) is 26.2 Å². The van der Waals surface area contributed by atoms with Gasteiger partial charge in [-0.25, -0.2) is 0 Å². The molecule has 0 radical (unpaired) electrons. The zero-order valence-corrected chi connectivity index (χ0v) is 15.7. The summed E-state index contributed by atoms with van der Waals surface area (Å²) < 4.78 is 0. The second kappa shape index (κ2) is 9.14. The quantitative estimate of drug-likeness (QED) is 0.836. The molecular formula is C20H30N4O2. The molecule has 26 heavy (non-hydrogen) atoms. The van der Waals surface area contributed by atoms with Crippen LogP contribution in [0.5, 0.6) is 0 Å². The van der Waals surface area contributed by atoms with Crippen LogP contribution in [0.2, 0.25) is 0 Å². The van der Waals surface area contributed by atoms with Crippen LogP contribution in [0.1, 0.15) is 25.3 Å². The number of nitrogens with zero attached hydrogens (tertiary/aromatic N) is 3. The molecule has 2 aliphatic heterocycles. The van der Waals surface area contributed by atoms with Crippen LogP contribution >= 0.6 is 0 Å². The molecule has 0 aliphatic carbocycles. The maximum absolute atomic E-state index is 12.4. The van der Waals surface area contributed by atoms with Crippen molar-refractivity contribution < 1.29 is 9.59 Å². The van der Waals surface area contributed by atoms with E-state index >= 15 is 0 Å². The molecule has 2 saturated heterocycles. The van der Waals surface area contributed by atoms with Crippen LogP contribution in [0, 0.1) is 0 Å². The summed E-state index contributed by atoms with van der Waals surface area (Å²) in [5.74, 6) is 0.289. The highest BCUT2D eigenvalue weighted by molar-refractivity contribution is 5.93. The van der Waals surface area contributed by atoms with Gasteiger partial charge in [-0.2, -0.15) is 0 Å². The second-order valence-corrected chi connectivity index (χ2v) is 7.20. The Hall–Kier alpha value is -1.92. The Morgan fingerprint density at radius 3 is 2.19 bits per heavy atom. The van der Waals surface area contributed by atoms with Gasteiger partial charge in [0.2, 0.25) is 11.8 Å². The molecule has 6 heteroatoms. The summed E-state index contributed by atoms with van der Waals surface area (Å²) in [6.45, 7) is 8.20. The Balaban J connectivity index is 1.40. The maximum Gasteiger partial charge on any atom is 0.238 e. The molecule has 2 aliphatic rings. The molecule has 0 saturated carbocycles. The van der Waals surface area contributed by atoms with Crippen LogP contribution in [0.3, 0.4) is 0 Å². The van der Waals surface area contributed by atoms with Gasteiger partial charge in [-0.1, -0.05) is 25.1 Å². The van der Waals surface area contributed by atoms with E-state index in [0.29, 0.717) is 13.1 Å². The van der Waals surface area contributed by atoms with Gasteiger partial charge in [0.05, 0.1) is 13.1 Å². The molecular weight excluding hydrogens is 328 g/mol. The predicted octanol–water partition coefficient (Wildman–Crippen LogP) is 1.43. The molecule has 2 fully saturated rings. The van der Waals surface area contributed by atoms with Gasteiger partial charge in [0.15, 0.2) is 0 Å². The summed E-state index contributed by atoms with van der Waals surface area (Å²) in [5.41, 5.74) is 2.07. The van der Waals surface area contributed by atoms with Gasteiger partial charge in [0.25, 0.3) is 0 Å². The monoisotopic (exact) mass is 358 g/mol. The molecule has 6 nitrogen and oxygen atoms in total. The highest BCUT2D eigenvalue weighted by atomic mass is 16.2. The van der Waals surface area contributed by atoms with Crippen molar-refractivity contribution in [3.05, 3.63) is 29.8 Å². The SMILES string of the molecule is CCc1ccccc1NC(=O)CN1CCN(CC(=O)N2CCCC2)CC1. The van der Waals surface area contributed by atoms with Gasteiger partial charge >= 0.3 is 0 Å². The predicted molar refractivity (Wildman–Crippen MR) is 103 cm³/mol. The minimum atomic E-state index is 0.0347. The fourth-order valence-electron chi connectivity index (χ4n) is 3.71. The number of piperazine rings is 1. The number of hydrogen-bond donors (Lipinski definition) is 1. The lowest BCUT2D eigenvalue weighted by atomic mass is 10.1. The molecule has 2 amide bonds. The molecule has 1 aromatic carbocycles. The molecule has 0 aromatic heterocycles. The zero-order valence-electron chi connectivity index (χ0n) is 15.7. The first kappa shape index (κ1) is 18.9. The Kier molecular flexibility index (Phi) is 6.63. The van der Waals surface area contributed by atoms with Crippen molar-refractivity contribution in [1.82, 2.24) is 14.7 Å². The smallest absolute Gasteiger partial charge is 0.238 e. The number of amides is 2. The highest BCUT2D eigenvalue weighted by Crippen LogP contribution is 2.15. The summed E-state index contributed by atoms with van der Waals surface area (Å²) in [7, 11) is 0. The van der Waals surface area contributed by atoms with E-state index in [1.165, 1.54) is 0 Å².